The highest BCUT2D eigenvalue weighted by Crippen LogP contribution is 2.37. The summed E-state index contributed by atoms with van der Waals surface area (Å²) in [6.07, 6.45) is 0. The van der Waals surface area contributed by atoms with Crippen LogP contribution in [0.15, 0.2) is 16.6 Å². The van der Waals surface area contributed by atoms with Crippen molar-refractivity contribution in [1.82, 2.24) is 0 Å². The summed E-state index contributed by atoms with van der Waals surface area (Å²) in [5, 5.41) is 0.926. The van der Waals surface area contributed by atoms with Crippen molar-refractivity contribution in [2.45, 2.75) is 0 Å². The number of benzene rings is 1. The number of rotatable bonds is 1. The molecule has 60 valence electrons. The lowest BCUT2D eigenvalue weighted by Crippen LogP contribution is -1.85. The van der Waals surface area contributed by atoms with Crippen LogP contribution in [0.25, 0.3) is 0 Å². The van der Waals surface area contributed by atoms with Crippen LogP contribution in [-0.2, 0) is 0 Å². The quantitative estimate of drug-likeness (QED) is 0.695. The Morgan fingerprint density at radius 3 is 2.45 bits per heavy atom. The SMILES string of the molecule is COc1c(Br)ccc(Cl)c1Cl. The van der Waals surface area contributed by atoms with Gasteiger partial charge in [-0.3, -0.25) is 0 Å². The van der Waals surface area contributed by atoms with Gasteiger partial charge in [-0.2, -0.15) is 0 Å². The molecular weight excluding hydrogens is 251 g/mol. The Labute approximate surface area is 83.4 Å². The molecule has 0 unspecified atom stereocenters. The van der Waals surface area contributed by atoms with Gasteiger partial charge in [0.15, 0.2) is 5.75 Å². The Morgan fingerprint density at radius 2 is 2.00 bits per heavy atom. The van der Waals surface area contributed by atoms with E-state index in [2.05, 4.69) is 15.9 Å². The normalized spacial score (nSPS) is 9.82. The third-order valence-electron chi connectivity index (χ3n) is 1.21. The lowest BCUT2D eigenvalue weighted by molar-refractivity contribution is 0.412. The van der Waals surface area contributed by atoms with E-state index in [0.29, 0.717) is 15.8 Å². The molecule has 0 aromatic heterocycles. The Morgan fingerprint density at radius 1 is 1.36 bits per heavy atom. The van der Waals surface area contributed by atoms with Gasteiger partial charge in [0.05, 0.1) is 16.6 Å². The minimum Gasteiger partial charge on any atom is -0.494 e. The topological polar surface area (TPSA) is 9.23 Å². The van der Waals surface area contributed by atoms with Crippen molar-refractivity contribution in [3.05, 3.63) is 26.7 Å². The second-order valence-electron chi connectivity index (χ2n) is 1.88. The van der Waals surface area contributed by atoms with Crippen LogP contribution in [0.3, 0.4) is 0 Å². The lowest BCUT2D eigenvalue weighted by atomic mass is 10.3. The molecule has 0 radical (unpaired) electrons. The predicted octanol–water partition coefficient (Wildman–Crippen LogP) is 3.76. The zero-order valence-electron chi connectivity index (χ0n) is 5.70. The molecule has 0 N–H and O–H groups in total. The van der Waals surface area contributed by atoms with Gasteiger partial charge in [-0.1, -0.05) is 23.2 Å². The van der Waals surface area contributed by atoms with E-state index in [1.165, 1.54) is 0 Å². The lowest BCUT2D eigenvalue weighted by Gasteiger charge is -2.05. The number of halogens is 3. The summed E-state index contributed by atoms with van der Waals surface area (Å²) >= 11 is 14.8. The fraction of sp³-hybridized carbons (Fsp3) is 0.143. The Hall–Kier alpha value is 0.0800. The second-order valence-corrected chi connectivity index (χ2v) is 3.52. The van der Waals surface area contributed by atoms with Gasteiger partial charge in [0.1, 0.15) is 5.02 Å². The summed E-state index contributed by atoms with van der Waals surface area (Å²) in [4.78, 5) is 0. The van der Waals surface area contributed by atoms with E-state index in [4.69, 9.17) is 27.9 Å². The van der Waals surface area contributed by atoms with Gasteiger partial charge in [-0.05, 0) is 28.1 Å². The highest BCUT2D eigenvalue weighted by atomic mass is 79.9. The van der Waals surface area contributed by atoms with Crippen molar-refractivity contribution in [1.29, 1.82) is 0 Å². The Balaban J connectivity index is 3.29. The molecule has 1 aromatic carbocycles. The maximum absolute atomic E-state index is 5.81. The molecule has 1 nitrogen and oxygen atoms in total. The summed E-state index contributed by atoms with van der Waals surface area (Å²) < 4.78 is 5.79. The smallest absolute Gasteiger partial charge is 0.153 e. The van der Waals surface area contributed by atoms with Crippen molar-refractivity contribution in [3.63, 3.8) is 0 Å². The highest BCUT2D eigenvalue weighted by molar-refractivity contribution is 9.10. The average Bonchev–Trinajstić information content (AvgIpc) is 1.99. The van der Waals surface area contributed by atoms with Crippen molar-refractivity contribution in [3.8, 4) is 5.75 Å². The second kappa shape index (κ2) is 3.65. The maximum Gasteiger partial charge on any atom is 0.153 e. The van der Waals surface area contributed by atoms with Gasteiger partial charge in [0.25, 0.3) is 0 Å². The van der Waals surface area contributed by atoms with Crippen molar-refractivity contribution in [2.24, 2.45) is 0 Å². The fourth-order valence-electron chi connectivity index (χ4n) is 0.696. The van der Waals surface area contributed by atoms with Crippen LogP contribution < -0.4 is 4.74 Å². The molecule has 0 saturated carbocycles. The summed E-state index contributed by atoms with van der Waals surface area (Å²) in [5.41, 5.74) is 0. The molecule has 0 bridgehead atoms. The van der Waals surface area contributed by atoms with Crippen LogP contribution in [0.2, 0.25) is 10.0 Å². The first-order chi connectivity index (χ1) is 5.16. The minimum absolute atomic E-state index is 0.434. The van der Waals surface area contributed by atoms with Crippen molar-refractivity contribution >= 4 is 39.1 Å². The van der Waals surface area contributed by atoms with Crippen molar-refractivity contribution in [2.75, 3.05) is 7.11 Å². The molecule has 1 rings (SSSR count). The standard InChI is InChI=1S/C7H5BrCl2O/c1-11-7-4(8)2-3-5(9)6(7)10/h2-3H,1H3. The number of ether oxygens (including phenoxy) is 1. The van der Waals surface area contributed by atoms with Crippen LogP contribution in [0.1, 0.15) is 0 Å². The fourth-order valence-corrected chi connectivity index (χ4v) is 1.69. The summed E-state index contributed by atoms with van der Waals surface area (Å²) in [5.74, 6) is 0.569. The molecule has 0 heterocycles. The molecule has 0 aliphatic carbocycles. The molecule has 0 aliphatic heterocycles. The Bertz CT molecular complexity index is 275. The molecule has 11 heavy (non-hydrogen) atoms. The maximum atomic E-state index is 5.81. The number of methoxy groups -OCH3 is 1. The van der Waals surface area contributed by atoms with E-state index in [9.17, 15) is 0 Å². The van der Waals surface area contributed by atoms with Crippen LogP contribution in [0.5, 0.6) is 5.75 Å². The molecule has 1 aromatic rings. The van der Waals surface area contributed by atoms with Crippen LogP contribution in [-0.4, -0.2) is 7.11 Å². The molecule has 0 atom stereocenters. The average molecular weight is 256 g/mol. The van der Waals surface area contributed by atoms with Crippen LogP contribution in [0, 0.1) is 0 Å². The summed E-state index contributed by atoms with van der Waals surface area (Å²) in [7, 11) is 1.54. The monoisotopic (exact) mass is 254 g/mol. The van der Waals surface area contributed by atoms with Gasteiger partial charge >= 0.3 is 0 Å². The van der Waals surface area contributed by atoms with Gasteiger partial charge in [0.2, 0.25) is 0 Å². The van der Waals surface area contributed by atoms with Gasteiger partial charge < -0.3 is 4.74 Å². The Kier molecular flexibility index (Phi) is 3.05. The molecule has 0 amide bonds. The molecular formula is C7H5BrCl2O. The molecule has 0 spiro atoms. The number of hydrogen-bond acceptors (Lipinski definition) is 1. The summed E-state index contributed by atoms with van der Waals surface area (Å²) in [6, 6.07) is 3.49. The first-order valence-corrected chi connectivity index (χ1v) is 4.39. The van der Waals surface area contributed by atoms with E-state index in [0.717, 1.165) is 4.47 Å². The van der Waals surface area contributed by atoms with Gasteiger partial charge in [-0.25, -0.2) is 0 Å². The zero-order valence-corrected chi connectivity index (χ0v) is 8.79. The van der Waals surface area contributed by atoms with E-state index < -0.39 is 0 Å². The van der Waals surface area contributed by atoms with E-state index in [1.54, 1.807) is 19.2 Å². The predicted molar refractivity (Wildman–Crippen MR) is 50.7 cm³/mol. The van der Waals surface area contributed by atoms with Crippen LogP contribution >= 0.6 is 39.1 Å². The third-order valence-corrected chi connectivity index (χ3v) is 2.62. The third kappa shape index (κ3) is 1.81. The van der Waals surface area contributed by atoms with Gasteiger partial charge in [0, 0.05) is 0 Å². The summed E-state index contributed by atoms with van der Waals surface area (Å²) in [6.45, 7) is 0. The molecule has 0 fully saturated rings. The first-order valence-electron chi connectivity index (χ1n) is 2.84. The first kappa shape index (κ1) is 9.17. The van der Waals surface area contributed by atoms with E-state index in [1.807, 2.05) is 0 Å². The molecule has 4 heteroatoms. The van der Waals surface area contributed by atoms with Crippen molar-refractivity contribution < 1.29 is 4.74 Å². The van der Waals surface area contributed by atoms with Gasteiger partial charge in [-0.15, -0.1) is 0 Å². The van der Waals surface area contributed by atoms with Crippen LogP contribution in [0.4, 0.5) is 0 Å². The molecule has 0 aliphatic rings. The largest absolute Gasteiger partial charge is 0.494 e. The number of hydrogen-bond donors (Lipinski definition) is 0. The highest BCUT2D eigenvalue weighted by Gasteiger charge is 2.08. The van der Waals surface area contributed by atoms with E-state index >= 15 is 0 Å². The molecule has 0 saturated heterocycles. The zero-order chi connectivity index (χ0) is 8.43. The minimum atomic E-state index is 0.434. The van der Waals surface area contributed by atoms with E-state index in [-0.39, 0.29) is 0 Å².